The number of nitrogens with one attached hydrogen (secondary N) is 1. The van der Waals surface area contributed by atoms with Crippen LogP contribution in [0.4, 0.5) is 5.82 Å². The third-order valence-electron chi connectivity index (χ3n) is 1.62. The monoisotopic (exact) mass is 233 g/mol. The molecule has 0 radical (unpaired) electrons. The molecule has 0 saturated carbocycles. The third kappa shape index (κ3) is 1.26. The Balaban J connectivity index is 2.88. The minimum atomic E-state index is -3.83. The number of hydrogen-bond acceptors (Lipinski definition) is 6. The molecule has 0 aliphatic rings. The second kappa shape index (κ2) is 2.92. The van der Waals surface area contributed by atoms with Crippen molar-refractivity contribution in [2.45, 2.75) is 5.03 Å². The van der Waals surface area contributed by atoms with Crippen LogP contribution in [0.15, 0.2) is 16.6 Å². The number of imidazole rings is 1. The summed E-state index contributed by atoms with van der Waals surface area (Å²) in [7, 11) is -3.83. The van der Waals surface area contributed by atoms with Crippen molar-refractivity contribution >= 4 is 32.1 Å². The number of anilines is 1. The summed E-state index contributed by atoms with van der Waals surface area (Å²) in [4.78, 5) is 4.46. The Kier molecular flexibility index (Phi) is 1.96. The van der Waals surface area contributed by atoms with E-state index in [2.05, 4.69) is 10.4 Å². The molecule has 5 N–H and O–H groups in total. The van der Waals surface area contributed by atoms with Gasteiger partial charge in [-0.3, -0.25) is 4.40 Å². The maximum absolute atomic E-state index is 11.2. The van der Waals surface area contributed by atoms with Crippen LogP contribution in [0, 0.1) is 0 Å². The van der Waals surface area contributed by atoms with Crippen molar-refractivity contribution in [2.75, 3.05) is 5.43 Å². The number of nitrogens with zero attached hydrogens (tertiary/aromatic N) is 2. The van der Waals surface area contributed by atoms with Crippen LogP contribution >= 0.6 is 11.3 Å². The van der Waals surface area contributed by atoms with Crippen molar-refractivity contribution < 1.29 is 8.42 Å². The largest absolute Gasteiger partial charge is 0.306 e. The highest BCUT2D eigenvalue weighted by Gasteiger charge is 2.21. The maximum atomic E-state index is 11.2. The Hall–Kier alpha value is -1.16. The van der Waals surface area contributed by atoms with E-state index in [1.54, 1.807) is 11.6 Å². The third-order valence-corrected chi connectivity index (χ3v) is 3.31. The van der Waals surface area contributed by atoms with Crippen LogP contribution in [-0.2, 0) is 10.0 Å². The van der Waals surface area contributed by atoms with Crippen molar-refractivity contribution in [1.29, 1.82) is 0 Å². The van der Waals surface area contributed by atoms with Crippen LogP contribution in [0.1, 0.15) is 0 Å². The normalized spacial score (nSPS) is 12.1. The standard InChI is InChI=1S/C5H7N5O2S2/c6-9-3-4(14(7,11)12)10-1-2-13-5(10)8-3/h1-2,9H,6H2,(H2,7,11,12). The van der Waals surface area contributed by atoms with E-state index in [9.17, 15) is 8.42 Å². The van der Waals surface area contributed by atoms with Crippen LogP contribution in [0.5, 0.6) is 0 Å². The van der Waals surface area contributed by atoms with Crippen LogP contribution in [0.25, 0.3) is 4.96 Å². The Morgan fingerprint density at radius 3 is 2.86 bits per heavy atom. The molecule has 0 bridgehead atoms. The Morgan fingerprint density at radius 1 is 1.57 bits per heavy atom. The summed E-state index contributed by atoms with van der Waals surface area (Å²) in [6, 6.07) is 0. The van der Waals surface area contributed by atoms with Crippen molar-refractivity contribution in [3.63, 3.8) is 0 Å². The highest BCUT2D eigenvalue weighted by Crippen LogP contribution is 2.23. The van der Waals surface area contributed by atoms with Gasteiger partial charge in [0.25, 0.3) is 10.0 Å². The molecule has 0 saturated heterocycles. The molecule has 9 heteroatoms. The molecule has 2 aromatic rings. The number of nitrogen functional groups attached to an aromatic ring is 1. The summed E-state index contributed by atoms with van der Waals surface area (Å²) in [6.45, 7) is 0. The van der Waals surface area contributed by atoms with E-state index in [1.165, 1.54) is 15.7 Å². The smallest absolute Gasteiger partial charge is 0.257 e. The number of aromatic nitrogens is 2. The lowest BCUT2D eigenvalue weighted by atomic mass is 10.7. The first-order chi connectivity index (χ1) is 6.54. The molecule has 2 rings (SSSR count). The highest BCUT2D eigenvalue weighted by atomic mass is 32.2. The van der Waals surface area contributed by atoms with Crippen LogP contribution in [0.2, 0.25) is 0 Å². The van der Waals surface area contributed by atoms with Gasteiger partial charge in [0.05, 0.1) is 0 Å². The molecule has 76 valence electrons. The average Bonchev–Trinajstić information content (AvgIpc) is 2.57. The van der Waals surface area contributed by atoms with Crippen molar-refractivity contribution in [1.82, 2.24) is 9.38 Å². The Morgan fingerprint density at radius 2 is 2.29 bits per heavy atom. The molecule has 2 aromatic heterocycles. The summed E-state index contributed by atoms with van der Waals surface area (Å²) in [5.41, 5.74) is 2.19. The molecule has 0 aromatic carbocycles. The van der Waals surface area contributed by atoms with Gasteiger partial charge in [0, 0.05) is 11.6 Å². The van der Waals surface area contributed by atoms with Gasteiger partial charge < -0.3 is 5.43 Å². The molecule has 0 fully saturated rings. The zero-order valence-electron chi connectivity index (χ0n) is 6.84. The SMILES string of the molecule is NNc1nc2sccn2c1S(N)(=O)=O. The molecule has 0 atom stereocenters. The van der Waals surface area contributed by atoms with Crippen molar-refractivity contribution in [3.05, 3.63) is 11.6 Å². The second-order valence-electron chi connectivity index (χ2n) is 2.51. The Labute approximate surface area is 83.4 Å². The summed E-state index contributed by atoms with van der Waals surface area (Å²) in [5.74, 6) is 5.18. The lowest BCUT2D eigenvalue weighted by Gasteiger charge is -1.98. The number of nitrogens with two attached hydrogens (primary N) is 2. The van der Waals surface area contributed by atoms with Crippen LogP contribution in [-0.4, -0.2) is 17.8 Å². The lowest BCUT2D eigenvalue weighted by Crippen LogP contribution is -2.18. The topological polar surface area (TPSA) is 116 Å². The fourth-order valence-electron chi connectivity index (χ4n) is 1.13. The van der Waals surface area contributed by atoms with E-state index < -0.39 is 10.0 Å². The van der Waals surface area contributed by atoms with Gasteiger partial charge >= 0.3 is 0 Å². The van der Waals surface area contributed by atoms with Crippen molar-refractivity contribution in [2.24, 2.45) is 11.0 Å². The van der Waals surface area contributed by atoms with Gasteiger partial charge in [-0.15, -0.1) is 11.3 Å². The highest BCUT2D eigenvalue weighted by molar-refractivity contribution is 7.89. The number of sulfonamides is 1. The maximum Gasteiger partial charge on any atom is 0.257 e. The van der Waals surface area contributed by atoms with Crippen LogP contribution < -0.4 is 16.4 Å². The van der Waals surface area contributed by atoms with Gasteiger partial charge in [-0.1, -0.05) is 0 Å². The second-order valence-corrected chi connectivity index (χ2v) is 4.86. The van der Waals surface area contributed by atoms with E-state index in [0.29, 0.717) is 4.96 Å². The summed E-state index contributed by atoms with van der Waals surface area (Å²) < 4.78 is 23.8. The molecule has 14 heavy (non-hydrogen) atoms. The molecule has 2 heterocycles. The summed E-state index contributed by atoms with van der Waals surface area (Å²) >= 11 is 1.29. The number of rotatable bonds is 2. The summed E-state index contributed by atoms with van der Waals surface area (Å²) in [5, 5.41) is 6.60. The number of fused-ring (bicyclic) bond motifs is 1. The average molecular weight is 233 g/mol. The van der Waals surface area contributed by atoms with E-state index >= 15 is 0 Å². The first-order valence-corrected chi connectivity index (χ1v) is 5.91. The van der Waals surface area contributed by atoms with Crippen molar-refractivity contribution in [3.8, 4) is 0 Å². The predicted molar refractivity (Wildman–Crippen MR) is 52.3 cm³/mol. The lowest BCUT2D eigenvalue weighted by molar-refractivity contribution is 0.593. The molecule has 0 aliphatic heterocycles. The molecule has 0 amide bonds. The molecule has 0 unspecified atom stereocenters. The number of hydrogen-bond donors (Lipinski definition) is 3. The van der Waals surface area contributed by atoms with E-state index in [-0.39, 0.29) is 10.8 Å². The minimum Gasteiger partial charge on any atom is -0.306 e. The molecule has 0 aliphatic carbocycles. The van der Waals surface area contributed by atoms with Gasteiger partial charge in [0.15, 0.2) is 10.8 Å². The van der Waals surface area contributed by atoms with Gasteiger partial charge in [-0.2, -0.15) is 4.98 Å². The molecular formula is C5H7N5O2S2. The van der Waals surface area contributed by atoms with Crippen LogP contribution in [0.3, 0.4) is 0 Å². The predicted octanol–water partition coefficient (Wildman–Crippen LogP) is -0.671. The first kappa shape index (κ1) is 9.40. The zero-order valence-corrected chi connectivity index (χ0v) is 8.47. The minimum absolute atomic E-state index is 0.0550. The molecule has 0 spiro atoms. The fourth-order valence-corrected chi connectivity index (χ4v) is 2.70. The van der Waals surface area contributed by atoms with Gasteiger partial charge in [0.1, 0.15) is 0 Å². The first-order valence-electron chi connectivity index (χ1n) is 3.49. The van der Waals surface area contributed by atoms with Gasteiger partial charge in [0.2, 0.25) is 5.03 Å². The molecule has 7 nitrogen and oxygen atoms in total. The number of hydrazine groups is 1. The van der Waals surface area contributed by atoms with E-state index in [4.69, 9.17) is 11.0 Å². The van der Waals surface area contributed by atoms with E-state index in [0.717, 1.165) is 0 Å². The number of thiazole rings is 1. The quantitative estimate of drug-likeness (QED) is 0.470. The molecular weight excluding hydrogens is 226 g/mol. The number of primary sulfonamides is 1. The van der Waals surface area contributed by atoms with Gasteiger partial charge in [-0.05, 0) is 0 Å². The van der Waals surface area contributed by atoms with E-state index in [1.807, 2.05) is 0 Å². The van der Waals surface area contributed by atoms with Gasteiger partial charge in [-0.25, -0.2) is 19.4 Å². The fraction of sp³-hybridized carbons (Fsp3) is 0. The Bertz CT molecular complexity index is 568. The zero-order chi connectivity index (χ0) is 10.3. The summed E-state index contributed by atoms with van der Waals surface area (Å²) in [6.07, 6.45) is 1.56.